The quantitative estimate of drug-likeness (QED) is 0.351. The van der Waals surface area contributed by atoms with Crippen molar-refractivity contribution >= 4 is 54.4 Å². The molecule has 10 heteroatoms. The molecule has 0 radical (unpaired) electrons. The van der Waals surface area contributed by atoms with Gasteiger partial charge in [0.05, 0.1) is 27.9 Å². The molecular weight excluding hydrogens is 466 g/mol. The van der Waals surface area contributed by atoms with Gasteiger partial charge < -0.3 is 4.42 Å². The Morgan fingerprint density at radius 2 is 1.84 bits per heavy atom. The van der Waals surface area contributed by atoms with Gasteiger partial charge in [-0.3, -0.25) is 9.69 Å². The summed E-state index contributed by atoms with van der Waals surface area (Å²) in [4.78, 5) is 21.0. The molecule has 0 aliphatic carbocycles. The second-order valence-corrected chi connectivity index (χ2v) is 11.1. The minimum atomic E-state index is -3.58. The maximum atomic E-state index is 13.5. The van der Waals surface area contributed by atoms with Crippen LogP contribution in [0.4, 0.5) is 5.13 Å². The number of hydrogen-bond acceptors (Lipinski definition) is 7. The fraction of sp³-hybridized carbons (Fsp3) is 0.182. The second kappa shape index (κ2) is 9.07. The number of para-hydroxylation sites is 1. The van der Waals surface area contributed by atoms with E-state index in [0.29, 0.717) is 16.5 Å². The first-order valence-corrected chi connectivity index (χ1v) is 13.1. The Bertz CT molecular complexity index is 1350. The van der Waals surface area contributed by atoms with Crippen molar-refractivity contribution in [2.24, 2.45) is 0 Å². The molecule has 1 amide bonds. The Labute approximate surface area is 194 Å². The number of hydrogen-bond donors (Lipinski definition) is 0. The van der Waals surface area contributed by atoms with Crippen LogP contribution in [0.5, 0.6) is 0 Å². The molecule has 0 fully saturated rings. The number of rotatable bonds is 7. The number of thioether (sulfide) groups is 1. The van der Waals surface area contributed by atoms with E-state index >= 15 is 0 Å². The predicted octanol–water partition coefficient (Wildman–Crippen LogP) is 4.71. The van der Waals surface area contributed by atoms with Gasteiger partial charge in [0.25, 0.3) is 5.91 Å². The number of carbonyl (C=O) groups excluding carboxylic acids is 1. The summed E-state index contributed by atoms with van der Waals surface area (Å²) in [5, 5.41) is 0.549. The van der Waals surface area contributed by atoms with E-state index in [0.717, 1.165) is 19.4 Å². The molecule has 2 aromatic heterocycles. The van der Waals surface area contributed by atoms with Crippen molar-refractivity contribution < 1.29 is 17.6 Å². The Morgan fingerprint density at radius 3 is 2.47 bits per heavy atom. The standard InChI is InChI=1S/C22H21N3O4S3/c1-24(2)32(27,28)17-11-9-15(10-12-17)21(26)25(14-16-6-5-13-29-16)22-23-20-18(30-3)7-4-8-19(20)31-22/h4-13H,14H2,1-3H3. The lowest BCUT2D eigenvalue weighted by Crippen LogP contribution is -2.30. The monoisotopic (exact) mass is 487 g/mol. The number of nitrogens with zero attached hydrogens (tertiary/aromatic N) is 3. The van der Waals surface area contributed by atoms with E-state index in [9.17, 15) is 13.2 Å². The molecule has 0 saturated carbocycles. The van der Waals surface area contributed by atoms with Crippen LogP contribution in [0.3, 0.4) is 0 Å². The van der Waals surface area contributed by atoms with E-state index in [-0.39, 0.29) is 17.3 Å². The molecule has 0 spiro atoms. The minimum Gasteiger partial charge on any atom is -0.467 e. The largest absolute Gasteiger partial charge is 0.467 e. The number of fused-ring (bicyclic) bond motifs is 1. The van der Waals surface area contributed by atoms with Gasteiger partial charge in [-0.2, -0.15) is 0 Å². The van der Waals surface area contributed by atoms with Crippen LogP contribution in [0.15, 0.2) is 75.1 Å². The lowest BCUT2D eigenvalue weighted by Gasteiger charge is -2.19. The van der Waals surface area contributed by atoms with Crippen LogP contribution < -0.4 is 4.90 Å². The summed E-state index contributed by atoms with van der Waals surface area (Å²) in [5.41, 5.74) is 1.21. The zero-order valence-corrected chi connectivity index (χ0v) is 20.1. The van der Waals surface area contributed by atoms with Gasteiger partial charge in [-0.25, -0.2) is 17.7 Å². The minimum absolute atomic E-state index is 0.126. The van der Waals surface area contributed by atoms with Gasteiger partial charge in [0.1, 0.15) is 5.76 Å². The van der Waals surface area contributed by atoms with Crippen LogP contribution >= 0.6 is 23.1 Å². The van der Waals surface area contributed by atoms with E-state index in [1.807, 2.05) is 24.5 Å². The van der Waals surface area contributed by atoms with Crippen LogP contribution in [0.2, 0.25) is 0 Å². The predicted molar refractivity (Wildman–Crippen MR) is 128 cm³/mol. The Hall–Kier alpha value is -2.66. The topological polar surface area (TPSA) is 83.7 Å². The van der Waals surface area contributed by atoms with Crippen molar-refractivity contribution in [1.82, 2.24) is 9.29 Å². The first-order chi connectivity index (χ1) is 15.3. The number of anilines is 1. The molecule has 166 valence electrons. The number of carbonyl (C=O) groups is 1. The highest BCUT2D eigenvalue weighted by molar-refractivity contribution is 7.98. The maximum Gasteiger partial charge on any atom is 0.260 e. The van der Waals surface area contributed by atoms with E-state index in [1.165, 1.54) is 49.7 Å². The van der Waals surface area contributed by atoms with E-state index in [2.05, 4.69) is 0 Å². The van der Waals surface area contributed by atoms with Crippen LogP contribution in [0, 0.1) is 0 Å². The van der Waals surface area contributed by atoms with Gasteiger partial charge in [0.15, 0.2) is 5.13 Å². The van der Waals surface area contributed by atoms with Crippen molar-refractivity contribution in [2.45, 2.75) is 16.3 Å². The van der Waals surface area contributed by atoms with Crippen LogP contribution in [-0.2, 0) is 16.6 Å². The molecular formula is C22H21N3O4S3. The van der Waals surface area contributed by atoms with Crippen LogP contribution in [-0.4, -0.2) is 44.0 Å². The average Bonchev–Trinajstić information content (AvgIpc) is 3.46. The highest BCUT2D eigenvalue weighted by atomic mass is 32.2. The number of benzene rings is 2. The third-order valence-electron chi connectivity index (χ3n) is 4.84. The Morgan fingerprint density at radius 1 is 1.09 bits per heavy atom. The van der Waals surface area contributed by atoms with Crippen LogP contribution in [0.25, 0.3) is 10.2 Å². The van der Waals surface area contributed by atoms with Crippen molar-refractivity contribution in [3.8, 4) is 0 Å². The van der Waals surface area contributed by atoms with Crippen LogP contribution in [0.1, 0.15) is 16.1 Å². The average molecular weight is 488 g/mol. The number of aromatic nitrogens is 1. The highest BCUT2D eigenvalue weighted by Crippen LogP contribution is 2.35. The number of furan rings is 1. The fourth-order valence-corrected chi connectivity index (χ4v) is 5.63. The third kappa shape index (κ3) is 4.31. The summed E-state index contributed by atoms with van der Waals surface area (Å²) in [7, 11) is -0.642. The molecule has 0 N–H and O–H groups in total. The molecule has 32 heavy (non-hydrogen) atoms. The first kappa shape index (κ1) is 22.5. The summed E-state index contributed by atoms with van der Waals surface area (Å²) < 4.78 is 32.3. The van der Waals surface area contributed by atoms with Gasteiger partial charge in [-0.1, -0.05) is 17.4 Å². The maximum absolute atomic E-state index is 13.5. The van der Waals surface area contributed by atoms with Crippen molar-refractivity contribution in [3.63, 3.8) is 0 Å². The zero-order chi connectivity index (χ0) is 22.9. The normalized spacial score (nSPS) is 11.9. The van der Waals surface area contributed by atoms with Crippen molar-refractivity contribution in [2.75, 3.05) is 25.3 Å². The Kier molecular flexibility index (Phi) is 6.38. The highest BCUT2D eigenvalue weighted by Gasteiger charge is 2.24. The summed E-state index contributed by atoms with van der Waals surface area (Å²) >= 11 is 3.03. The third-order valence-corrected chi connectivity index (χ3v) is 8.48. The van der Waals surface area contributed by atoms with Crippen molar-refractivity contribution in [3.05, 3.63) is 72.2 Å². The number of sulfonamides is 1. The molecule has 2 aromatic carbocycles. The van der Waals surface area contributed by atoms with Gasteiger partial charge in [-0.05, 0) is 54.8 Å². The number of thiazole rings is 1. The van der Waals surface area contributed by atoms with E-state index < -0.39 is 10.0 Å². The molecule has 7 nitrogen and oxygen atoms in total. The number of amides is 1. The van der Waals surface area contributed by atoms with Gasteiger partial charge in [-0.15, -0.1) is 11.8 Å². The SMILES string of the molecule is CSc1cccc2sc(N(Cc3ccco3)C(=O)c3ccc(S(=O)(=O)N(C)C)cc3)nc12. The molecule has 4 rings (SSSR count). The lowest BCUT2D eigenvalue weighted by molar-refractivity contribution is 0.0983. The molecule has 0 saturated heterocycles. The molecule has 0 aliphatic rings. The van der Waals surface area contributed by atoms with Gasteiger partial charge in [0, 0.05) is 24.6 Å². The second-order valence-electron chi connectivity index (χ2n) is 7.09. The fourth-order valence-electron chi connectivity index (χ4n) is 3.11. The Balaban J connectivity index is 1.73. The molecule has 2 heterocycles. The molecule has 0 bridgehead atoms. The zero-order valence-electron chi connectivity index (χ0n) is 17.7. The summed E-state index contributed by atoms with van der Waals surface area (Å²) in [5.74, 6) is 0.328. The summed E-state index contributed by atoms with van der Waals surface area (Å²) in [6.07, 6.45) is 3.55. The van der Waals surface area contributed by atoms with Crippen molar-refractivity contribution in [1.29, 1.82) is 0 Å². The first-order valence-electron chi connectivity index (χ1n) is 9.61. The molecule has 4 aromatic rings. The van der Waals surface area contributed by atoms with E-state index in [4.69, 9.17) is 9.40 Å². The summed E-state index contributed by atoms with van der Waals surface area (Å²) in [6, 6.07) is 15.4. The van der Waals surface area contributed by atoms with E-state index in [1.54, 1.807) is 35.1 Å². The summed E-state index contributed by atoms with van der Waals surface area (Å²) in [6.45, 7) is 0.206. The molecule has 0 atom stereocenters. The molecule has 0 aliphatic heterocycles. The smallest absolute Gasteiger partial charge is 0.260 e. The molecule has 0 unspecified atom stereocenters. The van der Waals surface area contributed by atoms with Gasteiger partial charge in [0.2, 0.25) is 10.0 Å². The van der Waals surface area contributed by atoms with Gasteiger partial charge >= 0.3 is 0 Å². The lowest BCUT2D eigenvalue weighted by atomic mass is 10.2.